The van der Waals surface area contributed by atoms with Crippen molar-refractivity contribution < 1.29 is 9.84 Å². The van der Waals surface area contributed by atoms with Gasteiger partial charge in [0.2, 0.25) is 0 Å². The molecule has 1 heterocycles. The highest BCUT2D eigenvalue weighted by Gasteiger charge is 2.23. The maximum Gasteiger partial charge on any atom is 0.120 e. The van der Waals surface area contributed by atoms with Crippen LogP contribution in [-0.2, 0) is 6.54 Å². The quantitative estimate of drug-likeness (QED) is 0.665. The van der Waals surface area contributed by atoms with Crippen LogP contribution in [0.4, 0.5) is 0 Å². The third kappa shape index (κ3) is 5.13. The van der Waals surface area contributed by atoms with Gasteiger partial charge < -0.3 is 20.5 Å². The second-order valence-electron chi connectivity index (χ2n) is 4.86. The number of rotatable bonds is 7. The van der Waals surface area contributed by atoms with E-state index in [4.69, 9.17) is 4.74 Å². The van der Waals surface area contributed by atoms with E-state index in [1.54, 1.807) is 6.08 Å². The smallest absolute Gasteiger partial charge is 0.120 e. The maximum atomic E-state index is 9.70. The molecule has 20 heavy (non-hydrogen) atoms. The molecule has 1 aromatic carbocycles. The molecule has 0 bridgehead atoms. The molecule has 112 valence electrons. The van der Waals surface area contributed by atoms with E-state index >= 15 is 0 Å². The molecular formula is C15H23ClN2O2. The number of aliphatic hydroxyl groups is 1. The zero-order chi connectivity index (χ0) is 13.5. The van der Waals surface area contributed by atoms with Crippen molar-refractivity contribution in [3.63, 3.8) is 0 Å². The summed E-state index contributed by atoms with van der Waals surface area (Å²) in [7, 11) is 0. The monoisotopic (exact) mass is 298 g/mol. The number of ether oxygens (including phenoxy) is 1. The number of aliphatic hydroxyl groups excluding tert-OH is 1. The Kier molecular flexibility index (Phi) is 7.62. The molecule has 4 nitrogen and oxygen atoms in total. The molecule has 0 radical (unpaired) electrons. The average Bonchev–Trinajstić information content (AvgIpc) is 2.83. The van der Waals surface area contributed by atoms with Gasteiger partial charge in [-0.3, -0.25) is 0 Å². The van der Waals surface area contributed by atoms with E-state index in [1.165, 1.54) is 5.56 Å². The molecule has 1 fully saturated rings. The number of hydrogen-bond donors (Lipinski definition) is 3. The van der Waals surface area contributed by atoms with Gasteiger partial charge in [-0.15, -0.1) is 12.4 Å². The van der Waals surface area contributed by atoms with Crippen molar-refractivity contribution in [2.45, 2.75) is 12.6 Å². The van der Waals surface area contributed by atoms with Gasteiger partial charge in [0.25, 0.3) is 0 Å². The summed E-state index contributed by atoms with van der Waals surface area (Å²) in [5.74, 6) is 1.17. The van der Waals surface area contributed by atoms with E-state index in [1.807, 2.05) is 18.2 Å². The van der Waals surface area contributed by atoms with Crippen LogP contribution in [0.15, 0.2) is 36.9 Å². The molecule has 3 N–H and O–H groups in total. The predicted octanol–water partition coefficient (Wildman–Crippen LogP) is 1.34. The van der Waals surface area contributed by atoms with Crippen molar-refractivity contribution in [3.05, 3.63) is 42.5 Å². The summed E-state index contributed by atoms with van der Waals surface area (Å²) >= 11 is 0. The summed E-state index contributed by atoms with van der Waals surface area (Å²) in [6.45, 7) is 7.36. The van der Waals surface area contributed by atoms with Gasteiger partial charge >= 0.3 is 0 Å². The molecule has 1 aliphatic rings. The molecule has 1 aromatic rings. The topological polar surface area (TPSA) is 53.5 Å². The predicted molar refractivity (Wildman–Crippen MR) is 83.5 cm³/mol. The van der Waals surface area contributed by atoms with Crippen LogP contribution in [0.2, 0.25) is 0 Å². The molecule has 2 rings (SSSR count). The highest BCUT2D eigenvalue weighted by Crippen LogP contribution is 2.13. The molecule has 0 spiro atoms. The van der Waals surface area contributed by atoms with Crippen LogP contribution >= 0.6 is 12.4 Å². The minimum atomic E-state index is -0.227. The van der Waals surface area contributed by atoms with Gasteiger partial charge in [-0.05, 0) is 17.7 Å². The third-order valence-corrected chi connectivity index (χ3v) is 3.31. The first-order valence-corrected chi connectivity index (χ1v) is 6.71. The van der Waals surface area contributed by atoms with Gasteiger partial charge in [0.15, 0.2) is 0 Å². The zero-order valence-corrected chi connectivity index (χ0v) is 12.4. The van der Waals surface area contributed by atoms with Crippen molar-refractivity contribution in [1.82, 2.24) is 10.6 Å². The Bertz CT molecular complexity index is 415. The molecule has 0 amide bonds. The first-order chi connectivity index (χ1) is 9.29. The Morgan fingerprint density at radius 2 is 2.30 bits per heavy atom. The normalized spacial score (nSPS) is 21.2. The Morgan fingerprint density at radius 3 is 3.00 bits per heavy atom. The number of nitrogens with one attached hydrogen (secondary N) is 2. The molecule has 1 aliphatic heterocycles. The number of benzene rings is 1. The van der Waals surface area contributed by atoms with Crippen LogP contribution in [0.1, 0.15) is 5.56 Å². The largest absolute Gasteiger partial charge is 0.490 e. The second kappa shape index (κ2) is 8.97. The number of halogens is 1. The van der Waals surface area contributed by atoms with Gasteiger partial charge in [-0.25, -0.2) is 0 Å². The fourth-order valence-electron chi connectivity index (χ4n) is 2.23. The van der Waals surface area contributed by atoms with Crippen molar-refractivity contribution in [3.8, 4) is 5.75 Å². The van der Waals surface area contributed by atoms with Gasteiger partial charge in [-0.2, -0.15) is 0 Å². The lowest BCUT2D eigenvalue weighted by molar-refractivity contribution is 0.146. The van der Waals surface area contributed by atoms with Crippen molar-refractivity contribution in [2.75, 3.05) is 26.2 Å². The third-order valence-electron chi connectivity index (χ3n) is 3.31. The van der Waals surface area contributed by atoms with Crippen LogP contribution in [0.25, 0.3) is 0 Å². The molecule has 2 atom stereocenters. The minimum Gasteiger partial charge on any atom is -0.490 e. The fourth-order valence-corrected chi connectivity index (χ4v) is 2.23. The Morgan fingerprint density at radius 1 is 1.45 bits per heavy atom. The van der Waals surface area contributed by atoms with Crippen LogP contribution in [0.5, 0.6) is 5.75 Å². The second-order valence-corrected chi connectivity index (χ2v) is 4.86. The molecule has 2 unspecified atom stereocenters. The standard InChI is InChI=1S/C15H22N2O2.ClH/c1-2-6-19-14-5-3-4-12(7-14)8-16-9-13-10-17-11-15(13)18;/h2-5,7,13,15-18H,1,6,8-11H2;1H. The summed E-state index contributed by atoms with van der Waals surface area (Å²) in [6.07, 6.45) is 1.51. The zero-order valence-electron chi connectivity index (χ0n) is 11.5. The van der Waals surface area contributed by atoms with E-state index < -0.39 is 0 Å². The van der Waals surface area contributed by atoms with Gasteiger partial charge in [0, 0.05) is 32.1 Å². The lowest BCUT2D eigenvalue weighted by Gasteiger charge is -2.14. The lowest BCUT2D eigenvalue weighted by atomic mass is 10.1. The van der Waals surface area contributed by atoms with E-state index in [-0.39, 0.29) is 18.5 Å². The summed E-state index contributed by atoms with van der Waals surface area (Å²) in [6, 6.07) is 8.02. The van der Waals surface area contributed by atoms with E-state index in [0.717, 1.165) is 25.4 Å². The highest BCUT2D eigenvalue weighted by molar-refractivity contribution is 5.85. The number of β-amino-alcohol motifs (C(OH)–C–C–N with tert-alkyl or cyclic N) is 1. The van der Waals surface area contributed by atoms with E-state index in [9.17, 15) is 5.11 Å². The molecule has 0 aliphatic carbocycles. The van der Waals surface area contributed by atoms with Crippen molar-refractivity contribution >= 4 is 12.4 Å². The van der Waals surface area contributed by atoms with E-state index in [0.29, 0.717) is 19.1 Å². The minimum absolute atomic E-state index is 0. The Labute approximate surface area is 126 Å². The first-order valence-electron chi connectivity index (χ1n) is 6.71. The average molecular weight is 299 g/mol. The van der Waals surface area contributed by atoms with Gasteiger partial charge in [-0.1, -0.05) is 24.8 Å². The van der Waals surface area contributed by atoms with Crippen molar-refractivity contribution in [1.29, 1.82) is 0 Å². The number of hydrogen-bond acceptors (Lipinski definition) is 4. The summed E-state index contributed by atoms with van der Waals surface area (Å²) < 4.78 is 5.50. The summed E-state index contributed by atoms with van der Waals surface area (Å²) in [5.41, 5.74) is 1.18. The van der Waals surface area contributed by atoms with Gasteiger partial charge in [0.1, 0.15) is 12.4 Å². The molecule has 0 aromatic heterocycles. The fraction of sp³-hybridized carbons (Fsp3) is 0.467. The SMILES string of the molecule is C=CCOc1cccc(CNCC2CNCC2O)c1.Cl. The lowest BCUT2D eigenvalue weighted by Crippen LogP contribution is -2.30. The van der Waals surface area contributed by atoms with Gasteiger partial charge in [0.05, 0.1) is 6.10 Å². The maximum absolute atomic E-state index is 9.70. The van der Waals surface area contributed by atoms with Crippen LogP contribution < -0.4 is 15.4 Å². The van der Waals surface area contributed by atoms with Crippen LogP contribution in [0, 0.1) is 5.92 Å². The highest BCUT2D eigenvalue weighted by atomic mass is 35.5. The molecule has 0 saturated carbocycles. The summed E-state index contributed by atoms with van der Waals surface area (Å²) in [5, 5.41) is 16.3. The van der Waals surface area contributed by atoms with Crippen LogP contribution in [-0.4, -0.2) is 37.5 Å². The molecular weight excluding hydrogens is 276 g/mol. The first kappa shape index (κ1) is 17.0. The van der Waals surface area contributed by atoms with E-state index in [2.05, 4.69) is 23.3 Å². The van der Waals surface area contributed by atoms with Crippen LogP contribution in [0.3, 0.4) is 0 Å². The Balaban J connectivity index is 0.00000200. The Hall–Kier alpha value is -1.07. The summed E-state index contributed by atoms with van der Waals surface area (Å²) in [4.78, 5) is 0. The van der Waals surface area contributed by atoms with Crippen molar-refractivity contribution in [2.24, 2.45) is 5.92 Å². The molecule has 5 heteroatoms. The molecule has 1 saturated heterocycles.